The molecule has 4 heteroatoms. The summed E-state index contributed by atoms with van der Waals surface area (Å²) in [5.41, 5.74) is 0. The Morgan fingerprint density at radius 2 is 2.45 bits per heavy atom. The van der Waals surface area contributed by atoms with Crippen LogP contribution >= 0.6 is 0 Å². The minimum absolute atomic E-state index is 0.530. The number of nitrogens with zero attached hydrogens (tertiary/aromatic N) is 2. The Balaban J connectivity index is 2.92. The number of aromatic nitrogens is 2. The highest BCUT2D eigenvalue weighted by Gasteiger charge is 2.13. The van der Waals surface area contributed by atoms with Gasteiger partial charge in [-0.25, -0.2) is 9.78 Å². The molecule has 1 atom stereocenters. The summed E-state index contributed by atoms with van der Waals surface area (Å²) in [5, 5.41) is 8.63. The Morgan fingerprint density at radius 1 is 1.82 bits per heavy atom. The first-order valence-corrected chi connectivity index (χ1v) is 3.35. The van der Waals surface area contributed by atoms with E-state index in [1.807, 2.05) is 0 Å². The molecule has 0 aliphatic carbocycles. The van der Waals surface area contributed by atoms with E-state index in [-0.39, 0.29) is 0 Å². The maximum absolute atomic E-state index is 10.5. The number of imidazole rings is 1. The van der Waals surface area contributed by atoms with Gasteiger partial charge >= 0.3 is 5.97 Å². The number of carboxylic acid groups (broad SMARTS) is 1. The maximum Gasteiger partial charge on any atom is 0.326 e. The molecule has 4 nitrogen and oxygen atoms in total. The van der Waals surface area contributed by atoms with Crippen LogP contribution in [0.5, 0.6) is 0 Å². The third-order valence-corrected chi connectivity index (χ3v) is 1.64. The average Bonchev–Trinajstić information content (AvgIpc) is 2.33. The Morgan fingerprint density at radius 3 is 2.82 bits per heavy atom. The molecule has 1 unspecified atom stereocenters. The predicted molar refractivity (Wildman–Crippen MR) is 39.3 cm³/mol. The van der Waals surface area contributed by atoms with Gasteiger partial charge in [0.2, 0.25) is 0 Å². The highest BCUT2D eigenvalue weighted by Crippen LogP contribution is 2.07. The molecule has 0 bridgehead atoms. The summed E-state index contributed by atoms with van der Waals surface area (Å²) in [5.74, 6) is -0.119. The first-order chi connectivity index (χ1) is 5.13. The minimum atomic E-state index is -0.842. The van der Waals surface area contributed by atoms with Crippen molar-refractivity contribution < 1.29 is 9.90 Å². The largest absolute Gasteiger partial charge is 0.480 e. The number of aliphatic carboxylic acids is 1. The Labute approximate surface area is 64.5 Å². The molecule has 1 N–H and O–H groups in total. The first-order valence-electron chi connectivity index (χ1n) is 3.35. The fraction of sp³-hybridized carbons (Fsp3) is 0.429. The third kappa shape index (κ3) is 1.39. The highest BCUT2D eigenvalue weighted by atomic mass is 16.4. The first kappa shape index (κ1) is 7.78. The van der Waals surface area contributed by atoms with E-state index < -0.39 is 12.0 Å². The van der Waals surface area contributed by atoms with E-state index in [0.717, 1.165) is 5.82 Å². The number of hydrogen-bond acceptors (Lipinski definition) is 2. The minimum Gasteiger partial charge on any atom is -0.480 e. The van der Waals surface area contributed by atoms with E-state index >= 15 is 0 Å². The van der Waals surface area contributed by atoms with Crippen molar-refractivity contribution in [2.75, 3.05) is 0 Å². The zero-order valence-electron chi connectivity index (χ0n) is 6.48. The SMILES string of the molecule is Cc1nccn1C(C)C(=O)O. The molecule has 60 valence electrons. The van der Waals surface area contributed by atoms with Crippen LogP contribution in [-0.2, 0) is 4.79 Å². The Bertz CT molecular complexity index is 267. The van der Waals surface area contributed by atoms with Crippen LogP contribution in [-0.4, -0.2) is 20.6 Å². The molecule has 0 spiro atoms. The molecule has 0 aliphatic rings. The smallest absolute Gasteiger partial charge is 0.326 e. The zero-order valence-corrected chi connectivity index (χ0v) is 6.48. The summed E-state index contributed by atoms with van der Waals surface area (Å²) in [6, 6.07) is -0.530. The number of hydrogen-bond donors (Lipinski definition) is 1. The summed E-state index contributed by atoms with van der Waals surface area (Å²) < 4.78 is 1.61. The van der Waals surface area contributed by atoms with Gasteiger partial charge in [0.15, 0.2) is 0 Å². The topological polar surface area (TPSA) is 55.1 Å². The van der Waals surface area contributed by atoms with Gasteiger partial charge in [-0.05, 0) is 13.8 Å². The van der Waals surface area contributed by atoms with Crippen molar-refractivity contribution in [3.05, 3.63) is 18.2 Å². The fourth-order valence-corrected chi connectivity index (χ4v) is 0.916. The van der Waals surface area contributed by atoms with Crippen molar-refractivity contribution >= 4 is 5.97 Å². The van der Waals surface area contributed by atoms with Crippen LogP contribution < -0.4 is 0 Å². The molecule has 0 aromatic carbocycles. The van der Waals surface area contributed by atoms with Crippen molar-refractivity contribution in [1.29, 1.82) is 0 Å². The van der Waals surface area contributed by atoms with Crippen molar-refractivity contribution in [1.82, 2.24) is 9.55 Å². The van der Waals surface area contributed by atoms with Crippen LogP contribution in [0.25, 0.3) is 0 Å². The zero-order chi connectivity index (χ0) is 8.43. The summed E-state index contributed by atoms with van der Waals surface area (Å²) in [6.45, 7) is 3.40. The monoisotopic (exact) mass is 154 g/mol. The van der Waals surface area contributed by atoms with Gasteiger partial charge in [0.1, 0.15) is 11.9 Å². The molecular formula is C7H10N2O2. The number of carboxylic acids is 1. The van der Waals surface area contributed by atoms with Gasteiger partial charge in [-0.15, -0.1) is 0 Å². The van der Waals surface area contributed by atoms with E-state index in [1.165, 1.54) is 0 Å². The maximum atomic E-state index is 10.5. The molecular weight excluding hydrogens is 144 g/mol. The van der Waals surface area contributed by atoms with E-state index in [0.29, 0.717) is 0 Å². The normalized spacial score (nSPS) is 12.9. The van der Waals surface area contributed by atoms with Crippen molar-refractivity contribution in [3.63, 3.8) is 0 Å². The number of aryl methyl sites for hydroxylation is 1. The second-order valence-corrected chi connectivity index (χ2v) is 2.40. The lowest BCUT2D eigenvalue weighted by Crippen LogP contribution is -2.15. The standard InChI is InChI=1S/C7H10N2O2/c1-5(7(10)11)9-4-3-8-6(9)2/h3-5H,1-2H3,(H,10,11). The van der Waals surface area contributed by atoms with Gasteiger partial charge in [-0.2, -0.15) is 0 Å². The molecule has 0 amide bonds. The van der Waals surface area contributed by atoms with Crippen LogP contribution in [0, 0.1) is 6.92 Å². The second-order valence-electron chi connectivity index (χ2n) is 2.40. The summed E-state index contributed by atoms with van der Waals surface area (Å²) in [7, 11) is 0. The molecule has 0 saturated heterocycles. The lowest BCUT2D eigenvalue weighted by atomic mass is 10.3. The van der Waals surface area contributed by atoms with Gasteiger partial charge in [0.25, 0.3) is 0 Å². The molecule has 1 heterocycles. The van der Waals surface area contributed by atoms with Crippen LogP contribution in [0.4, 0.5) is 0 Å². The quantitative estimate of drug-likeness (QED) is 0.686. The number of carbonyl (C=O) groups is 1. The van der Waals surface area contributed by atoms with Gasteiger partial charge in [-0.1, -0.05) is 0 Å². The van der Waals surface area contributed by atoms with Gasteiger partial charge in [0.05, 0.1) is 0 Å². The molecule has 1 aromatic heterocycles. The summed E-state index contributed by atoms with van der Waals surface area (Å²) >= 11 is 0. The lowest BCUT2D eigenvalue weighted by Gasteiger charge is -2.08. The van der Waals surface area contributed by atoms with E-state index in [9.17, 15) is 4.79 Å². The molecule has 11 heavy (non-hydrogen) atoms. The van der Waals surface area contributed by atoms with Gasteiger partial charge < -0.3 is 9.67 Å². The fourth-order valence-electron chi connectivity index (χ4n) is 0.916. The molecule has 0 aliphatic heterocycles. The summed E-state index contributed by atoms with van der Waals surface area (Å²) in [6.07, 6.45) is 3.25. The molecule has 0 saturated carbocycles. The van der Waals surface area contributed by atoms with Crippen molar-refractivity contribution in [3.8, 4) is 0 Å². The second kappa shape index (κ2) is 2.74. The predicted octanol–water partition coefficient (Wildman–Crippen LogP) is 0.837. The molecule has 0 fully saturated rings. The molecule has 1 aromatic rings. The van der Waals surface area contributed by atoms with Crippen LogP contribution in [0.15, 0.2) is 12.4 Å². The average molecular weight is 154 g/mol. The van der Waals surface area contributed by atoms with E-state index in [2.05, 4.69) is 4.98 Å². The van der Waals surface area contributed by atoms with Crippen LogP contribution in [0.1, 0.15) is 18.8 Å². The highest BCUT2D eigenvalue weighted by molar-refractivity contribution is 5.71. The summed E-state index contributed by atoms with van der Waals surface area (Å²) in [4.78, 5) is 14.4. The van der Waals surface area contributed by atoms with E-state index in [1.54, 1.807) is 30.8 Å². The van der Waals surface area contributed by atoms with Gasteiger partial charge in [-0.3, -0.25) is 0 Å². The Kier molecular flexibility index (Phi) is 1.94. The van der Waals surface area contributed by atoms with E-state index in [4.69, 9.17) is 5.11 Å². The third-order valence-electron chi connectivity index (χ3n) is 1.64. The van der Waals surface area contributed by atoms with Crippen molar-refractivity contribution in [2.45, 2.75) is 19.9 Å². The number of rotatable bonds is 2. The van der Waals surface area contributed by atoms with Crippen LogP contribution in [0.2, 0.25) is 0 Å². The van der Waals surface area contributed by atoms with Crippen LogP contribution in [0.3, 0.4) is 0 Å². The van der Waals surface area contributed by atoms with Gasteiger partial charge in [0, 0.05) is 12.4 Å². The lowest BCUT2D eigenvalue weighted by molar-refractivity contribution is -0.140. The molecule has 1 rings (SSSR count). The Hall–Kier alpha value is -1.32. The molecule has 0 radical (unpaired) electrons. The van der Waals surface area contributed by atoms with Crippen molar-refractivity contribution in [2.24, 2.45) is 0 Å².